The van der Waals surface area contributed by atoms with Crippen molar-refractivity contribution in [2.45, 2.75) is 70.8 Å². The van der Waals surface area contributed by atoms with Gasteiger partial charge in [0.2, 0.25) is 0 Å². The summed E-state index contributed by atoms with van der Waals surface area (Å²) in [7, 11) is 0. The molecule has 0 aromatic heterocycles. The van der Waals surface area contributed by atoms with Crippen LogP contribution in [-0.4, -0.2) is 17.4 Å². The van der Waals surface area contributed by atoms with Crippen molar-refractivity contribution in [3.63, 3.8) is 0 Å². The van der Waals surface area contributed by atoms with Gasteiger partial charge in [0, 0.05) is 30.3 Å². The highest BCUT2D eigenvalue weighted by molar-refractivity contribution is 5.86. The molecule has 1 spiro atoms. The van der Waals surface area contributed by atoms with Gasteiger partial charge in [-0.25, -0.2) is 4.79 Å². The largest absolute Gasteiger partial charge is 0.451 e. The maximum Gasteiger partial charge on any atom is 0.331 e. The molecule has 6 rings (SSSR count). The number of ether oxygens (including phenoxy) is 1. The molecule has 0 amide bonds. The van der Waals surface area contributed by atoms with E-state index in [9.17, 15) is 9.59 Å². The molecule has 3 fully saturated rings. The molecule has 5 aliphatic carbocycles. The molecule has 3 saturated carbocycles. The van der Waals surface area contributed by atoms with E-state index in [2.05, 4.69) is 19.9 Å². The predicted octanol–water partition coefficient (Wildman–Crippen LogP) is 4.62. The van der Waals surface area contributed by atoms with E-state index in [0.717, 1.165) is 43.9 Å². The van der Waals surface area contributed by atoms with Crippen LogP contribution in [0.15, 0.2) is 23.3 Å². The van der Waals surface area contributed by atoms with E-state index < -0.39 is 0 Å². The lowest BCUT2D eigenvalue weighted by atomic mass is 9.48. The second kappa shape index (κ2) is 5.15. The third-order valence-electron chi connectivity index (χ3n) is 9.63. The molecule has 6 aliphatic rings. The summed E-state index contributed by atoms with van der Waals surface area (Å²) in [5.41, 5.74) is 2.96. The highest BCUT2D eigenvalue weighted by Gasteiger charge is 2.78. The van der Waals surface area contributed by atoms with Crippen molar-refractivity contribution in [2.75, 3.05) is 0 Å². The van der Waals surface area contributed by atoms with Crippen molar-refractivity contribution in [1.29, 1.82) is 0 Å². The van der Waals surface area contributed by atoms with Crippen LogP contribution in [0.4, 0.5) is 0 Å². The second-order valence-electron chi connectivity index (χ2n) is 10.4. The highest BCUT2D eigenvalue weighted by atomic mass is 16.6. The second-order valence-corrected chi connectivity index (χ2v) is 10.4. The van der Waals surface area contributed by atoms with E-state index in [1.807, 2.05) is 0 Å². The van der Waals surface area contributed by atoms with Gasteiger partial charge in [-0.1, -0.05) is 31.4 Å². The molecule has 1 aliphatic heterocycles. The van der Waals surface area contributed by atoms with E-state index in [0.29, 0.717) is 29.5 Å². The molecule has 0 N–H and O–H groups in total. The average molecular weight is 367 g/mol. The average Bonchev–Trinajstić information content (AvgIpc) is 3.29. The summed E-state index contributed by atoms with van der Waals surface area (Å²) in [6.45, 7) is 4.78. The number of hydrogen-bond acceptors (Lipinski definition) is 3. The van der Waals surface area contributed by atoms with Crippen LogP contribution in [0.3, 0.4) is 0 Å². The molecule has 3 nitrogen and oxygen atoms in total. The Kier molecular flexibility index (Phi) is 3.16. The first-order valence-corrected chi connectivity index (χ1v) is 11.1. The predicted molar refractivity (Wildman–Crippen MR) is 102 cm³/mol. The van der Waals surface area contributed by atoms with Crippen molar-refractivity contribution in [1.82, 2.24) is 0 Å². The number of Topliss-reactive ketones (excluding diaryl/α,β-unsaturated/α-hetero) is 1. The summed E-state index contributed by atoms with van der Waals surface area (Å²) in [5, 5.41) is 0. The third-order valence-corrected chi connectivity index (χ3v) is 9.63. The van der Waals surface area contributed by atoms with Gasteiger partial charge >= 0.3 is 5.97 Å². The fourth-order valence-corrected chi connectivity index (χ4v) is 8.60. The normalized spacial score (nSPS) is 52.4. The minimum atomic E-state index is -0.320. The van der Waals surface area contributed by atoms with Crippen LogP contribution in [-0.2, 0) is 14.3 Å². The Balaban J connectivity index is 1.43. The Morgan fingerprint density at radius 3 is 2.85 bits per heavy atom. The molecule has 144 valence electrons. The molecule has 6 unspecified atom stereocenters. The van der Waals surface area contributed by atoms with E-state index in [1.165, 1.54) is 24.8 Å². The number of fused-ring (bicyclic) bond motifs is 8. The van der Waals surface area contributed by atoms with Crippen LogP contribution in [0.25, 0.3) is 0 Å². The lowest BCUT2D eigenvalue weighted by molar-refractivity contribution is -0.167. The lowest BCUT2D eigenvalue weighted by Crippen LogP contribution is -2.55. The summed E-state index contributed by atoms with van der Waals surface area (Å²) < 4.78 is 6.10. The molecular formula is C24H30O3. The Bertz CT molecular complexity index is 806. The summed E-state index contributed by atoms with van der Waals surface area (Å²) in [6, 6.07) is 0. The van der Waals surface area contributed by atoms with Gasteiger partial charge in [0.25, 0.3) is 0 Å². The van der Waals surface area contributed by atoms with Gasteiger partial charge in [-0.3, -0.25) is 4.79 Å². The Morgan fingerprint density at radius 2 is 2.11 bits per heavy atom. The monoisotopic (exact) mass is 366 g/mol. The maximum atomic E-state index is 12.1. The zero-order valence-corrected chi connectivity index (χ0v) is 16.5. The first kappa shape index (κ1) is 16.6. The van der Waals surface area contributed by atoms with Crippen molar-refractivity contribution in [3.05, 3.63) is 23.3 Å². The highest BCUT2D eigenvalue weighted by Crippen LogP contribution is 2.78. The third kappa shape index (κ3) is 1.89. The molecule has 0 aromatic rings. The van der Waals surface area contributed by atoms with Gasteiger partial charge in [0.1, 0.15) is 11.4 Å². The first-order chi connectivity index (χ1) is 13.0. The zero-order chi connectivity index (χ0) is 18.6. The van der Waals surface area contributed by atoms with E-state index >= 15 is 0 Å². The van der Waals surface area contributed by atoms with Gasteiger partial charge in [0.15, 0.2) is 0 Å². The molecule has 27 heavy (non-hydrogen) atoms. The van der Waals surface area contributed by atoms with Crippen molar-refractivity contribution >= 4 is 11.8 Å². The molecule has 3 heteroatoms. The van der Waals surface area contributed by atoms with E-state index in [1.54, 1.807) is 11.6 Å². The molecular weight excluding hydrogens is 336 g/mol. The minimum Gasteiger partial charge on any atom is -0.451 e. The summed E-state index contributed by atoms with van der Waals surface area (Å²) >= 11 is 0. The number of esters is 1. The van der Waals surface area contributed by atoms with Crippen molar-refractivity contribution in [3.8, 4) is 0 Å². The fraction of sp³-hybridized carbons (Fsp3) is 0.750. The Hall–Kier alpha value is -1.38. The molecule has 0 saturated heterocycles. The zero-order valence-electron chi connectivity index (χ0n) is 16.5. The number of allylic oxidation sites excluding steroid dienone is 2. The van der Waals surface area contributed by atoms with Crippen LogP contribution in [0.1, 0.15) is 65.2 Å². The summed E-state index contributed by atoms with van der Waals surface area (Å²) in [4.78, 5) is 24.1. The van der Waals surface area contributed by atoms with Gasteiger partial charge in [-0.15, -0.1) is 0 Å². The number of carbonyl (C=O) groups excluding carboxylic acids is 2. The number of rotatable bonds is 1. The van der Waals surface area contributed by atoms with Gasteiger partial charge < -0.3 is 4.74 Å². The number of ketones is 1. The molecule has 0 bridgehead atoms. The Labute approximate surface area is 161 Å². The van der Waals surface area contributed by atoms with Crippen molar-refractivity contribution in [2.24, 2.45) is 40.9 Å². The Morgan fingerprint density at radius 1 is 1.26 bits per heavy atom. The van der Waals surface area contributed by atoms with Crippen molar-refractivity contribution < 1.29 is 14.3 Å². The van der Waals surface area contributed by atoms with Crippen LogP contribution in [0, 0.1) is 40.9 Å². The molecule has 0 aromatic carbocycles. The SMILES string of the molecule is CCC1CC2=C(CCC(=O)C2)C2CC[C@@]3(C)C(C4CC4[C@@]34C=CC(=O)O4)C12. The van der Waals surface area contributed by atoms with Gasteiger partial charge in [-0.2, -0.15) is 0 Å². The van der Waals surface area contributed by atoms with E-state index in [-0.39, 0.29) is 17.0 Å². The number of hydrogen-bond donors (Lipinski definition) is 0. The molecule has 0 radical (unpaired) electrons. The van der Waals surface area contributed by atoms with Gasteiger partial charge in [-0.05, 0) is 67.8 Å². The van der Waals surface area contributed by atoms with Crippen LogP contribution >= 0.6 is 0 Å². The number of carbonyl (C=O) groups is 2. The molecule has 8 atom stereocenters. The summed E-state index contributed by atoms with van der Waals surface area (Å²) in [5.74, 6) is 4.39. The van der Waals surface area contributed by atoms with Crippen LogP contribution < -0.4 is 0 Å². The minimum absolute atomic E-state index is 0.0976. The summed E-state index contributed by atoms with van der Waals surface area (Å²) in [6.07, 6.45) is 12.3. The standard InChI is InChI=1S/C24H30O3/c1-3-13-10-14-11-15(25)4-5-16(14)17-6-8-23(2)22(21(13)17)18-12-19(18)24(23)9-7-20(26)27-24/h7,9,13,17-19,21-22H,3-6,8,10-12H2,1-2H3/t13?,17?,18?,19?,21?,22?,23-,24-/m0/s1. The van der Waals surface area contributed by atoms with Gasteiger partial charge in [0.05, 0.1) is 0 Å². The molecule has 1 heterocycles. The van der Waals surface area contributed by atoms with E-state index in [4.69, 9.17) is 4.74 Å². The first-order valence-electron chi connectivity index (χ1n) is 11.1. The fourth-order valence-electron chi connectivity index (χ4n) is 8.60. The van der Waals surface area contributed by atoms with Crippen LogP contribution in [0.2, 0.25) is 0 Å². The quantitative estimate of drug-likeness (QED) is 0.502. The maximum absolute atomic E-state index is 12.1. The smallest absolute Gasteiger partial charge is 0.331 e. The topological polar surface area (TPSA) is 43.4 Å². The van der Waals surface area contributed by atoms with Crippen LogP contribution in [0.5, 0.6) is 0 Å². The lowest BCUT2D eigenvalue weighted by Gasteiger charge is -2.57.